The number of amides is 1. The molecule has 0 aliphatic rings. The molecular formula is C19H23N3O3. The largest absolute Gasteiger partial charge is 0.465 e. The van der Waals surface area contributed by atoms with Crippen LogP contribution >= 0.6 is 0 Å². The standard InChI is InChI=1S/C19H23N3O3/c1-13(2)8-10-21-18(23)17-12-16(9-11-20-17)22-15-6-4-14(5-7-15)19(24)25-3/h4-7,9,11-13H,8,10H2,1-3H3,(H,20,22)(H,21,23). The number of esters is 1. The Morgan fingerprint density at radius 2 is 1.84 bits per heavy atom. The average molecular weight is 341 g/mol. The molecule has 2 aromatic rings. The minimum atomic E-state index is -0.379. The Bertz CT molecular complexity index is 727. The zero-order valence-corrected chi connectivity index (χ0v) is 14.7. The van der Waals surface area contributed by atoms with E-state index in [1.165, 1.54) is 7.11 Å². The number of methoxy groups -OCH3 is 1. The lowest BCUT2D eigenvalue weighted by atomic mass is 10.1. The van der Waals surface area contributed by atoms with Crippen molar-refractivity contribution in [3.8, 4) is 0 Å². The molecule has 0 radical (unpaired) electrons. The number of carbonyl (C=O) groups excluding carboxylic acids is 2. The first kappa shape index (κ1) is 18.4. The van der Waals surface area contributed by atoms with E-state index in [0.717, 1.165) is 17.8 Å². The fraction of sp³-hybridized carbons (Fsp3) is 0.316. The van der Waals surface area contributed by atoms with Crippen molar-refractivity contribution in [1.29, 1.82) is 0 Å². The summed E-state index contributed by atoms with van der Waals surface area (Å²) in [5.41, 5.74) is 2.38. The Balaban J connectivity index is 2.01. The molecule has 0 saturated heterocycles. The van der Waals surface area contributed by atoms with Crippen LogP contribution in [0.1, 0.15) is 41.1 Å². The highest BCUT2D eigenvalue weighted by atomic mass is 16.5. The molecule has 6 heteroatoms. The topological polar surface area (TPSA) is 80.3 Å². The molecule has 1 heterocycles. The lowest BCUT2D eigenvalue weighted by molar-refractivity contribution is 0.0600. The van der Waals surface area contributed by atoms with E-state index in [1.807, 2.05) is 0 Å². The molecule has 0 bridgehead atoms. The maximum absolute atomic E-state index is 12.1. The van der Waals surface area contributed by atoms with Gasteiger partial charge in [0.1, 0.15) is 5.69 Å². The summed E-state index contributed by atoms with van der Waals surface area (Å²) in [6.07, 6.45) is 2.51. The van der Waals surface area contributed by atoms with Gasteiger partial charge in [-0.1, -0.05) is 13.8 Å². The first-order chi connectivity index (χ1) is 12.0. The minimum absolute atomic E-state index is 0.190. The molecule has 0 unspecified atom stereocenters. The molecule has 2 rings (SSSR count). The van der Waals surface area contributed by atoms with Crippen molar-refractivity contribution in [2.24, 2.45) is 5.92 Å². The summed E-state index contributed by atoms with van der Waals surface area (Å²) in [5.74, 6) is -0.0321. The second-order valence-corrected chi connectivity index (χ2v) is 6.06. The Morgan fingerprint density at radius 3 is 2.48 bits per heavy atom. The first-order valence-electron chi connectivity index (χ1n) is 8.19. The summed E-state index contributed by atoms with van der Waals surface area (Å²) in [6.45, 7) is 4.85. The molecule has 25 heavy (non-hydrogen) atoms. The summed E-state index contributed by atoms with van der Waals surface area (Å²) in [6, 6.07) is 10.4. The van der Waals surface area contributed by atoms with Crippen LogP contribution in [-0.4, -0.2) is 30.5 Å². The molecule has 2 N–H and O–H groups in total. The molecule has 0 aliphatic heterocycles. The van der Waals surface area contributed by atoms with E-state index in [9.17, 15) is 9.59 Å². The van der Waals surface area contributed by atoms with E-state index >= 15 is 0 Å². The van der Waals surface area contributed by atoms with Crippen molar-refractivity contribution in [3.63, 3.8) is 0 Å². The van der Waals surface area contributed by atoms with Crippen LogP contribution in [0.2, 0.25) is 0 Å². The van der Waals surface area contributed by atoms with Gasteiger partial charge in [0.2, 0.25) is 0 Å². The lowest BCUT2D eigenvalue weighted by Crippen LogP contribution is -2.26. The molecule has 0 atom stereocenters. The second kappa shape index (κ2) is 8.82. The van der Waals surface area contributed by atoms with Gasteiger partial charge in [0, 0.05) is 24.1 Å². The third kappa shape index (κ3) is 5.60. The fourth-order valence-corrected chi connectivity index (χ4v) is 2.17. The number of aromatic nitrogens is 1. The van der Waals surface area contributed by atoms with Crippen LogP contribution in [0, 0.1) is 5.92 Å². The third-order valence-corrected chi connectivity index (χ3v) is 3.59. The lowest BCUT2D eigenvalue weighted by Gasteiger charge is -2.10. The zero-order valence-electron chi connectivity index (χ0n) is 14.7. The van der Waals surface area contributed by atoms with Crippen molar-refractivity contribution >= 4 is 23.3 Å². The predicted molar refractivity (Wildman–Crippen MR) is 97.1 cm³/mol. The summed E-state index contributed by atoms with van der Waals surface area (Å²) in [5, 5.41) is 6.05. The highest BCUT2D eigenvalue weighted by Crippen LogP contribution is 2.17. The van der Waals surface area contributed by atoms with Crippen LogP contribution in [0.4, 0.5) is 11.4 Å². The van der Waals surface area contributed by atoms with Gasteiger partial charge in [0.05, 0.1) is 12.7 Å². The van der Waals surface area contributed by atoms with Gasteiger partial charge in [-0.05, 0) is 48.7 Å². The van der Waals surface area contributed by atoms with Crippen LogP contribution in [0.25, 0.3) is 0 Å². The Morgan fingerprint density at radius 1 is 1.12 bits per heavy atom. The number of nitrogens with one attached hydrogen (secondary N) is 2. The number of ether oxygens (including phenoxy) is 1. The maximum atomic E-state index is 12.1. The monoisotopic (exact) mass is 341 g/mol. The molecule has 0 saturated carbocycles. The number of hydrogen-bond donors (Lipinski definition) is 2. The Labute approximate surface area is 147 Å². The molecule has 132 valence electrons. The summed E-state index contributed by atoms with van der Waals surface area (Å²) in [7, 11) is 1.35. The van der Waals surface area contributed by atoms with Gasteiger partial charge in [-0.25, -0.2) is 4.79 Å². The molecule has 0 aliphatic carbocycles. The Kier molecular flexibility index (Phi) is 6.51. The van der Waals surface area contributed by atoms with Crippen molar-refractivity contribution in [2.75, 3.05) is 19.0 Å². The maximum Gasteiger partial charge on any atom is 0.337 e. The smallest absolute Gasteiger partial charge is 0.337 e. The number of rotatable bonds is 7. The molecule has 0 spiro atoms. The second-order valence-electron chi connectivity index (χ2n) is 6.06. The molecule has 1 aromatic carbocycles. The number of benzene rings is 1. The van der Waals surface area contributed by atoms with Gasteiger partial charge in [0.25, 0.3) is 5.91 Å². The van der Waals surface area contributed by atoms with Crippen molar-refractivity contribution in [1.82, 2.24) is 10.3 Å². The minimum Gasteiger partial charge on any atom is -0.465 e. The summed E-state index contributed by atoms with van der Waals surface area (Å²) in [4.78, 5) is 27.7. The van der Waals surface area contributed by atoms with E-state index < -0.39 is 0 Å². The molecule has 0 fully saturated rings. The Hall–Kier alpha value is -2.89. The quantitative estimate of drug-likeness (QED) is 0.755. The van der Waals surface area contributed by atoms with Crippen LogP contribution in [0.3, 0.4) is 0 Å². The van der Waals surface area contributed by atoms with E-state index in [0.29, 0.717) is 23.7 Å². The van der Waals surface area contributed by atoms with E-state index in [-0.39, 0.29) is 11.9 Å². The first-order valence-corrected chi connectivity index (χ1v) is 8.19. The van der Waals surface area contributed by atoms with Gasteiger partial charge in [-0.2, -0.15) is 0 Å². The average Bonchev–Trinajstić information content (AvgIpc) is 2.61. The van der Waals surface area contributed by atoms with Gasteiger partial charge in [-0.15, -0.1) is 0 Å². The number of pyridine rings is 1. The van der Waals surface area contributed by atoms with Gasteiger partial charge < -0.3 is 15.4 Å². The molecule has 6 nitrogen and oxygen atoms in total. The SMILES string of the molecule is COC(=O)c1ccc(Nc2ccnc(C(=O)NCCC(C)C)c2)cc1. The van der Waals surface area contributed by atoms with E-state index in [2.05, 4.69) is 34.2 Å². The van der Waals surface area contributed by atoms with Crippen molar-refractivity contribution < 1.29 is 14.3 Å². The summed E-state index contributed by atoms with van der Waals surface area (Å²) < 4.78 is 4.67. The van der Waals surface area contributed by atoms with Crippen molar-refractivity contribution in [3.05, 3.63) is 53.9 Å². The highest BCUT2D eigenvalue weighted by molar-refractivity contribution is 5.93. The van der Waals surface area contributed by atoms with E-state index in [4.69, 9.17) is 0 Å². The predicted octanol–water partition coefficient (Wildman–Crippen LogP) is 3.39. The van der Waals surface area contributed by atoms with Crippen LogP contribution < -0.4 is 10.6 Å². The van der Waals surface area contributed by atoms with Crippen molar-refractivity contribution in [2.45, 2.75) is 20.3 Å². The molecule has 1 amide bonds. The number of nitrogens with zero attached hydrogens (tertiary/aromatic N) is 1. The van der Waals surface area contributed by atoms with Crippen LogP contribution in [0.15, 0.2) is 42.6 Å². The fourth-order valence-electron chi connectivity index (χ4n) is 2.17. The third-order valence-electron chi connectivity index (χ3n) is 3.59. The highest BCUT2D eigenvalue weighted by Gasteiger charge is 2.09. The van der Waals surface area contributed by atoms with Gasteiger partial charge in [0.15, 0.2) is 0 Å². The van der Waals surface area contributed by atoms with Gasteiger partial charge in [-0.3, -0.25) is 9.78 Å². The van der Waals surface area contributed by atoms with E-state index in [1.54, 1.807) is 42.6 Å². The summed E-state index contributed by atoms with van der Waals surface area (Å²) >= 11 is 0. The van der Waals surface area contributed by atoms with Gasteiger partial charge >= 0.3 is 5.97 Å². The number of hydrogen-bond acceptors (Lipinski definition) is 5. The normalized spacial score (nSPS) is 10.4. The number of anilines is 2. The molecule has 1 aromatic heterocycles. The zero-order chi connectivity index (χ0) is 18.2. The van der Waals surface area contributed by atoms with Crippen LogP contribution in [-0.2, 0) is 4.74 Å². The van der Waals surface area contributed by atoms with Crippen LogP contribution in [0.5, 0.6) is 0 Å². The number of carbonyl (C=O) groups is 2. The molecular weight excluding hydrogens is 318 g/mol.